The van der Waals surface area contributed by atoms with Crippen LogP contribution >= 0.6 is 11.6 Å². The number of hydrogen-bond acceptors (Lipinski definition) is 1. The molecule has 0 N–H and O–H groups in total. The highest BCUT2D eigenvalue weighted by molar-refractivity contribution is 6.31. The van der Waals surface area contributed by atoms with Crippen LogP contribution in [0.5, 0.6) is 0 Å². The van der Waals surface area contributed by atoms with Crippen molar-refractivity contribution in [1.29, 1.82) is 0 Å². The highest BCUT2D eigenvalue weighted by Gasteiger charge is 2.30. The Labute approximate surface area is 101 Å². The van der Waals surface area contributed by atoms with Crippen molar-refractivity contribution in [2.75, 3.05) is 4.90 Å². The molecule has 2 nitrogen and oxygen atoms in total. The lowest BCUT2D eigenvalue weighted by Gasteiger charge is -2.24. The summed E-state index contributed by atoms with van der Waals surface area (Å²) in [7, 11) is 0. The number of carbonyl (C=O) groups is 1. The fourth-order valence-electron chi connectivity index (χ4n) is 2.22. The van der Waals surface area contributed by atoms with Crippen molar-refractivity contribution in [2.24, 2.45) is 0 Å². The Bertz CT molecular complexity index is 416. The van der Waals surface area contributed by atoms with Crippen molar-refractivity contribution in [1.82, 2.24) is 0 Å². The SMILES string of the molecule is CCC1CCC(=O)N1c1ccc(C)c(Cl)c1. The largest absolute Gasteiger partial charge is 0.309 e. The van der Waals surface area contributed by atoms with Gasteiger partial charge in [-0.1, -0.05) is 24.6 Å². The van der Waals surface area contributed by atoms with Crippen molar-refractivity contribution in [3.8, 4) is 0 Å². The Hall–Kier alpha value is -1.02. The van der Waals surface area contributed by atoms with E-state index < -0.39 is 0 Å². The van der Waals surface area contributed by atoms with Gasteiger partial charge in [0.05, 0.1) is 0 Å². The number of carbonyl (C=O) groups excluding carboxylic acids is 1. The Morgan fingerprint density at radius 1 is 1.50 bits per heavy atom. The second-order valence-corrected chi connectivity index (χ2v) is 4.71. The molecule has 3 heteroatoms. The number of aryl methyl sites for hydroxylation is 1. The molecule has 1 saturated heterocycles. The zero-order chi connectivity index (χ0) is 11.7. The standard InChI is InChI=1S/C13H16ClNO/c1-3-10-6-7-13(16)15(10)11-5-4-9(2)12(14)8-11/h4-5,8,10H,3,6-7H2,1-2H3. The number of hydrogen-bond donors (Lipinski definition) is 0. The molecule has 1 aromatic carbocycles. The second-order valence-electron chi connectivity index (χ2n) is 4.30. The van der Waals surface area contributed by atoms with E-state index in [0.29, 0.717) is 12.5 Å². The summed E-state index contributed by atoms with van der Waals surface area (Å²) in [5.74, 6) is 0.215. The maximum absolute atomic E-state index is 11.8. The van der Waals surface area contributed by atoms with Crippen molar-refractivity contribution >= 4 is 23.2 Å². The number of benzene rings is 1. The minimum absolute atomic E-state index is 0.215. The summed E-state index contributed by atoms with van der Waals surface area (Å²) in [6.07, 6.45) is 2.61. The van der Waals surface area contributed by atoms with Crippen LogP contribution in [0.1, 0.15) is 31.7 Å². The molecule has 0 aromatic heterocycles. The summed E-state index contributed by atoms with van der Waals surface area (Å²) in [4.78, 5) is 13.7. The molecule has 1 aliphatic rings. The van der Waals surface area contributed by atoms with Crippen LogP contribution < -0.4 is 4.90 Å². The van der Waals surface area contributed by atoms with Crippen LogP contribution in [0.3, 0.4) is 0 Å². The van der Waals surface area contributed by atoms with Crippen LogP contribution in [0.15, 0.2) is 18.2 Å². The van der Waals surface area contributed by atoms with E-state index in [1.54, 1.807) is 0 Å². The summed E-state index contributed by atoms with van der Waals surface area (Å²) >= 11 is 6.09. The zero-order valence-electron chi connectivity index (χ0n) is 9.66. The number of halogens is 1. The Morgan fingerprint density at radius 2 is 2.25 bits per heavy atom. The minimum atomic E-state index is 0.215. The maximum Gasteiger partial charge on any atom is 0.227 e. The molecule has 1 unspecified atom stereocenters. The normalized spacial score (nSPS) is 20.6. The molecule has 86 valence electrons. The third kappa shape index (κ3) is 1.94. The molecule has 1 atom stereocenters. The predicted octanol–water partition coefficient (Wildman–Crippen LogP) is 3.55. The van der Waals surface area contributed by atoms with Crippen molar-refractivity contribution in [3.63, 3.8) is 0 Å². The Balaban J connectivity index is 2.35. The first-order valence-corrected chi connectivity index (χ1v) is 6.09. The number of nitrogens with zero attached hydrogens (tertiary/aromatic N) is 1. The van der Waals surface area contributed by atoms with Gasteiger partial charge in [-0.3, -0.25) is 4.79 Å². The van der Waals surface area contributed by atoms with Crippen LogP contribution in [0.4, 0.5) is 5.69 Å². The highest BCUT2D eigenvalue weighted by Crippen LogP contribution is 2.31. The molecular formula is C13H16ClNO. The molecule has 2 rings (SSSR count). The minimum Gasteiger partial charge on any atom is -0.309 e. The summed E-state index contributed by atoms with van der Waals surface area (Å²) < 4.78 is 0. The van der Waals surface area contributed by atoms with E-state index in [-0.39, 0.29) is 5.91 Å². The topological polar surface area (TPSA) is 20.3 Å². The summed E-state index contributed by atoms with van der Waals surface area (Å²) in [6.45, 7) is 4.08. The third-order valence-corrected chi connectivity index (χ3v) is 3.64. The van der Waals surface area contributed by atoms with Gasteiger partial charge in [0.15, 0.2) is 0 Å². The first-order valence-electron chi connectivity index (χ1n) is 5.71. The van der Waals surface area contributed by atoms with E-state index in [0.717, 1.165) is 29.1 Å². The van der Waals surface area contributed by atoms with Gasteiger partial charge in [-0.25, -0.2) is 0 Å². The highest BCUT2D eigenvalue weighted by atomic mass is 35.5. The molecule has 0 spiro atoms. The van der Waals surface area contributed by atoms with Crippen LogP contribution in [0, 0.1) is 6.92 Å². The van der Waals surface area contributed by atoms with E-state index in [9.17, 15) is 4.79 Å². The van der Waals surface area contributed by atoms with Gasteiger partial charge >= 0.3 is 0 Å². The molecule has 0 aliphatic carbocycles. The number of anilines is 1. The van der Waals surface area contributed by atoms with E-state index in [2.05, 4.69) is 6.92 Å². The molecule has 0 radical (unpaired) electrons. The molecule has 1 aromatic rings. The quantitative estimate of drug-likeness (QED) is 0.770. The van der Waals surface area contributed by atoms with Gasteiger partial charge in [0, 0.05) is 23.2 Å². The van der Waals surface area contributed by atoms with Gasteiger partial charge < -0.3 is 4.90 Å². The van der Waals surface area contributed by atoms with Crippen LogP contribution in [0.25, 0.3) is 0 Å². The first-order chi connectivity index (χ1) is 7.63. The first kappa shape index (κ1) is 11.5. The number of rotatable bonds is 2. The average Bonchev–Trinajstić information content (AvgIpc) is 2.64. The molecule has 1 aliphatic heterocycles. The zero-order valence-corrected chi connectivity index (χ0v) is 10.4. The lowest BCUT2D eigenvalue weighted by molar-refractivity contribution is -0.117. The van der Waals surface area contributed by atoms with E-state index in [1.807, 2.05) is 30.0 Å². The second kappa shape index (κ2) is 4.46. The van der Waals surface area contributed by atoms with Gasteiger partial charge in [0.25, 0.3) is 0 Å². The molecule has 1 fully saturated rings. The molecule has 0 saturated carbocycles. The van der Waals surface area contributed by atoms with Gasteiger partial charge in [-0.15, -0.1) is 0 Å². The van der Waals surface area contributed by atoms with Gasteiger partial charge in [0.1, 0.15) is 0 Å². The van der Waals surface area contributed by atoms with E-state index in [1.165, 1.54) is 0 Å². The van der Waals surface area contributed by atoms with Crippen molar-refractivity contribution < 1.29 is 4.79 Å². The van der Waals surface area contributed by atoms with Crippen LogP contribution in [-0.4, -0.2) is 11.9 Å². The summed E-state index contributed by atoms with van der Waals surface area (Å²) in [6, 6.07) is 6.18. The van der Waals surface area contributed by atoms with Gasteiger partial charge in [0.2, 0.25) is 5.91 Å². The molecule has 1 heterocycles. The van der Waals surface area contributed by atoms with Gasteiger partial charge in [-0.2, -0.15) is 0 Å². The number of amides is 1. The Kier molecular flexibility index (Phi) is 3.20. The van der Waals surface area contributed by atoms with Crippen LogP contribution in [0.2, 0.25) is 5.02 Å². The maximum atomic E-state index is 11.8. The van der Waals surface area contributed by atoms with E-state index >= 15 is 0 Å². The molecule has 16 heavy (non-hydrogen) atoms. The predicted molar refractivity (Wildman–Crippen MR) is 67.0 cm³/mol. The smallest absolute Gasteiger partial charge is 0.227 e. The third-order valence-electron chi connectivity index (χ3n) is 3.23. The van der Waals surface area contributed by atoms with E-state index in [4.69, 9.17) is 11.6 Å². The monoisotopic (exact) mass is 237 g/mol. The summed E-state index contributed by atoms with van der Waals surface area (Å²) in [5, 5.41) is 0.729. The van der Waals surface area contributed by atoms with Crippen LogP contribution in [-0.2, 0) is 4.79 Å². The molecule has 1 amide bonds. The Morgan fingerprint density at radius 3 is 2.88 bits per heavy atom. The lowest BCUT2D eigenvalue weighted by Crippen LogP contribution is -2.32. The van der Waals surface area contributed by atoms with Crippen molar-refractivity contribution in [2.45, 2.75) is 39.2 Å². The average molecular weight is 238 g/mol. The fraction of sp³-hybridized carbons (Fsp3) is 0.462. The lowest BCUT2D eigenvalue weighted by atomic mass is 10.1. The molecule has 0 bridgehead atoms. The molecular weight excluding hydrogens is 222 g/mol. The van der Waals surface area contributed by atoms with Crippen molar-refractivity contribution in [3.05, 3.63) is 28.8 Å². The van der Waals surface area contributed by atoms with Gasteiger partial charge in [-0.05, 0) is 37.5 Å². The summed E-state index contributed by atoms with van der Waals surface area (Å²) in [5.41, 5.74) is 1.98. The fourth-order valence-corrected chi connectivity index (χ4v) is 2.39.